The van der Waals surface area contributed by atoms with Crippen LogP contribution < -0.4 is 10.6 Å². The van der Waals surface area contributed by atoms with Gasteiger partial charge in [0.1, 0.15) is 0 Å². The molecule has 2 N–H and O–H groups in total. The Bertz CT molecular complexity index is 146. The largest absolute Gasteiger partial charge is 0.354 e. The smallest absolute Gasteiger partial charge is 0.230 e. The van der Waals surface area contributed by atoms with Gasteiger partial charge in [-0.3, -0.25) is 9.59 Å². The maximum atomic E-state index is 10.6. The second kappa shape index (κ2) is 7.54. The molecule has 0 fully saturated rings. The molecule has 0 unspecified atom stereocenters. The van der Waals surface area contributed by atoms with E-state index in [1.165, 1.54) is 0 Å². The van der Waals surface area contributed by atoms with Crippen LogP contribution in [0, 0.1) is 0 Å². The van der Waals surface area contributed by atoms with Crippen LogP contribution in [0.4, 0.5) is 0 Å². The van der Waals surface area contributed by atoms with E-state index in [2.05, 4.69) is 42.5 Å². The fraction of sp³-hybridized carbons (Fsp3) is 0.667. The maximum Gasteiger partial charge on any atom is 0.230 e. The summed E-state index contributed by atoms with van der Waals surface area (Å²) in [7, 11) is 0. The summed E-state index contributed by atoms with van der Waals surface area (Å²) < 4.78 is 0. The lowest BCUT2D eigenvalue weighted by Crippen LogP contribution is -2.35. The molecule has 70 valence electrons. The van der Waals surface area contributed by atoms with E-state index in [4.69, 9.17) is 0 Å². The summed E-state index contributed by atoms with van der Waals surface area (Å²) in [5, 5.41) is 5.77. The molecule has 0 radical (unpaired) electrons. The maximum absolute atomic E-state index is 10.6. The topological polar surface area (TPSA) is 58.2 Å². The highest BCUT2D eigenvalue weighted by molar-refractivity contribution is 9.09. The second-order valence-electron chi connectivity index (χ2n) is 1.97. The van der Waals surface area contributed by atoms with Crippen LogP contribution in [0.5, 0.6) is 0 Å². The molecule has 0 atom stereocenters. The average Bonchev–Trinajstić information content (AvgIpc) is 2.11. The zero-order chi connectivity index (χ0) is 9.40. The first-order chi connectivity index (χ1) is 5.70. The second-order valence-corrected chi connectivity index (χ2v) is 3.09. The summed E-state index contributed by atoms with van der Waals surface area (Å²) in [6.45, 7) is 0.923. The Morgan fingerprint density at radius 1 is 0.917 bits per heavy atom. The molecule has 12 heavy (non-hydrogen) atoms. The van der Waals surface area contributed by atoms with E-state index in [1.807, 2.05) is 0 Å². The number of hydrogen-bond acceptors (Lipinski definition) is 2. The van der Waals surface area contributed by atoms with Crippen molar-refractivity contribution in [2.45, 2.75) is 0 Å². The first-order valence-electron chi connectivity index (χ1n) is 3.36. The number of rotatable bonds is 5. The number of alkyl halides is 2. The molecule has 0 aliphatic carbocycles. The number of amides is 2. The molecule has 2 amide bonds. The lowest BCUT2D eigenvalue weighted by molar-refractivity contribution is -0.120. The summed E-state index contributed by atoms with van der Waals surface area (Å²) in [6.07, 6.45) is 0. The first kappa shape index (κ1) is 11.9. The van der Waals surface area contributed by atoms with Gasteiger partial charge in [-0.1, -0.05) is 31.9 Å². The lowest BCUT2D eigenvalue weighted by atomic mass is 10.5. The van der Waals surface area contributed by atoms with Crippen molar-refractivity contribution in [3.63, 3.8) is 0 Å². The molecule has 0 aliphatic heterocycles. The predicted molar refractivity (Wildman–Crippen MR) is 53.6 cm³/mol. The summed E-state index contributed by atoms with van der Waals surface area (Å²) >= 11 is 6.01. The Labute approximate surface area is 87.7 Å². The van der Waals surface area contributed by atoms with Crippen LogP contribution in [0.2, 0.25) is 0 Å². The third-order valence-electron chi connectivity index (χ3n) is 1.01. The molecular formula is C6H10Br2N2O2. The number of carbonyl (C=O) groups excluding carboxylic acids is 2. The SMILES string of the molecule is O=C(CBr)NCCNC(=O)CBr. The zero-order valence-corrected chi connectivity index (χ0v) is 9.57. The van der Waals surface area contributed by atoms with Gasteiger partial charge < -0.3 is 10.6 Å². The highest BCUT2D eigenvalue weighted by Crippen LogP contribution is 1.78. The van der Waals surface area contributed by atoms with Crippen LogP contribution in [0.25, 0.3) is 0 Å². The summed E-state index contributed by atoms with van der Waals surface area (Å²) in [5.41, 5.74) is 0. The van der Waals surface area contributed by atoms with Gasteiger partial charge >= 0.3 is 0 Å². The van der Waals surface area contributed by atoms with Crippen molar-refractivity contribution < 1.29 is 9.59 Å². The average molecular weight is 302 g/mol. The number of hydrogen-bond donors (Lipinski definition) is 2. The molecule has 0 heterocycles. The Hall–Kier alpha value is -0.100. The molecule has 0 aliphatic rings. The predicted octanol–water partition coefficient (Wildman–Crippen LogP) is 0.00860. The van der Waals surface area contributed by atoms with Crippen LogP contribution in [0.1, 0.15) is 0 Å². The van der Waals surface area contributed by atoms with Gasteiger partial charge in [0.15, 0.2) is 0 Å². The van der Waals surface area contributed by atoms with E-state index in [0.29, 0.717) is 23.7 Å². The molecule has 0 saturated carbocycles. The third kappa shape index (κ3) is 6.60. The van der Waals surface area contributed by atoms with E-state index >= 15 is 0 Å². The van der Waals surface area contributed by atoms with Crippen molar-refractivity contribution in [2.75, 3.05) is 23.7 Å². The van der Waals surface area contributed by atoms with Crippen molar-refractivity contribution in [3.8, 4) is 0 Å². The molecule has 0 bridgehead atoms. The van der Waals surface area contributed by atoms with E-state index in [0.717, 1.165) is 0 Å². The monoisotopic (exact) mass is 300 g/mol. The number of nitrogens with one attached hydrogen (secondary N) is 2. The molecule has 0 aromatic heterocycles. The van der Waals surface area contributed by atoms with Crippen molar-refractivity contribution in [2.24, 2.45) is 0 Å². The zero-order valence-electron chi connectivity index (χ0n) is 6.40. The number of carbonyl (C=O) groups is 2. The molecule has 6 heteroatoms. The minimum absolute atomic E-state index is 0.0805. The molecule has 4 nitrogen and oxygen atoms in total. The van der Waals surface area contributed by atoms with E-state index < -0.39 is 0 Å². The minimum Gasteiger partial charge on any atom is -0.354 e. The molecular weight excluding hydrogens is 292 g/mol. The summed E-state index contributed by atoms with van der Waals surface area (Å²) in [5.74, 6) is -0.161. The highest BCUT2D eigenvalue weighted by Gasteiger charge is 1.98. The van der Waals surface area contributed by atoms with Gasteiger partial charge in [0, 0.05) is 13.1 Å². The van der Waals surface area contributed by atoms with Gasteiger partial charge in [-0.15, -0.1) is 0 Å². The van der Waals surface area contributed by atoms with Crippen LogP contribution in [-0.2, 0) is 9.59 Å². The van der Waals surface area contributed by atoms with Gasteiger partial charge in [0.05, 0.1) is 10.7 Å². The van der Waals surface area contributed by atoms with Gasteiger partial charge in [-0.25, -0.2) is 0 Å². The van der Waals surface area contributed by atoms with Crippen molar-refractivity contribution in [1.82, 2.24) is 10.6 Å². The quantitative estimate of drug-likeness (QED) is 0.555. The molecule has 0 aromatic carbocycles. The Morgan fingerprint density at radius 3 is 1.50 bits per heavy atom. The Kier molecular flexibility index (Phi) is 7.48. The molecule has 0 spiro atoms. The third-order valence-corrected chi connectivity index (χ3v) is 2.03. The van der Waals surface area contributed by atoms with Crippen LogP contribution in [-0.4, -0.2) is 35.6 Å². The lowest BCUT2D eigenvalue weighted by Gasteiger charge is -2.03. The highest BCUT2D eigenvalue weighted by atomic mass is 79.9. The normalized spacial score (nSPS) is 9.17. The van der Waals surface area contributed by atoms with E-state index in [-0.39, 0.29) is 11.8 Å². The van der Waals surface area contributed by atoms with E-state index in [9.17, 15) is 9.59 Å². The van der Waals surface area contributed by atoms with Crippen LogP contribution >= 0.6 is 31.9 Å². The van der Waals surface area contributed by atoms with Crippen molar-refractivity contribution in [3.05, 3.63) is 0 Å². The Balaban J connectivity index is 3.21. The van der Waals surface area contributed by atoms with Gasteiger partial charge in [-0.05, 0) is 0 Å². The van der Waals surface area contributed by atoms with Crippen molar-refractivity contribution >= 4 is 43.7 Å². The van der Waals surface area contributed by atoms with Crippen LogP contribution in [0.3, 0.4) is 0 Å². The minimum atomic E-state index is -0.0805. The van der Waals surface area contributed by atoms with Gasteiger partial charge in [0.25, 0.3) is 0 Å². The number of halogens is 2. The Morgan fingerprint density at radius 2 is 1.25 bits per heavy atom. The van der Waals surface area contributed by atoms with Crippen molar-refractivity contribution in [1.29, 1.82) is 0 Å². The molecule has 0 saturated heterocycles. The standard InChI is InChI=1S/C6H10Br2N2O2/c7-3-5(11)9-1-2-10-6(12)4-8/h1-4H2,(H,9,11)(H,10,12). The fourth-order valence-electron chi connectivity index (χ4n) is 0.498. The summed E-state index contributed by atoms with van der Waals surface area (Å²) in [6, 6.07) is 0. The summed E-state index contributed by atoms with van der Waals surface area (Å²) in [4.78, 5) is 21.3. The van der Waals surface area contributed by atoms with Gasteiger partial charge in [-0.2, -0.15) is 0 Å². The molecule has 0 rings (SSSR count). The first-order valence-corrected chi connectivity index (χ1v) is 5.60. The van der Waals surface area contributed by atoms with Crippen LogP contribution in [0.15, 0.2) is 0 Å². The van der Waals surface area contributed by atoms with E-state index in [1.54, 1.807) is 0 Å². The molecule has 0 aromatic rings. The van der Waals surface area contributed by atoms with Gasteiger partial charge in [0.2, 0.25) is 11.8 Å². The fourth-order valence-corrected chi connectivity index (χ4v) is 0.895.